The van der Waals surface area contributed by atoms with Crippen molar-refractivity contribution in [2.45, 2.75) is 44.7 Å². The Hall–Kier alpha value is -3.61. The molecule has 10 heteroatoms. The summed E-state index contributed by atoms with van der Waals surface area (Å²) >= 11 is 0. The number of aromatic nitrogens is 5. The van der Waals surface area contributed by atoms with Crippen LogP contribution in [0.15, 0.2) is 18.3 Å². The maximum absolute atomic E-state index is 11.6. The first-order chi connectivity index (χ1) is 15.0. The molecule has 1 unspecified atom stereocenters. The molecule has 0 bridgehead atoms. The van der Waals surface area contributed by atoms with E-state index in [1.54, 1.807) is 16.4 Å². The largest absolute Gasteiger partial charge is 0.482 e. The van der Waals surface area contributed by atoms with E-state index in [-0.39, 0.29) is 12.1 Å². The number of carbonyl (C=O) groups is 1. The molecule has 0 radical (unpaired) electrons. The summed E-state index contributed by atoms with van der Waals surface area (Å²) < 4.78 is 9.09. The molecule has 1 N–H and O–H groups in total. The Morgan fingerprint density at radius 2 is 2.13 bits per heavy atom. The van der Waals surface area contributed by atoms with Gasteiger partial charge in [0.1, 0.15) is 23.1 Å². The first kappa shape index (κ1) is 19.4. The second kappa shape index (κ2) is 7.27. The molecule has 1 saturated heterocycles. The summed E-state index contributed by atoms with van der Waals surface area (Å²) in [5.41, 5.74) is 3.45. The number of amides is 1. The second-order valence-electron chi connectivity index (χ2n) is 8.26. The van der Waals surface area contributed by atoms with Gasteiger partial charge in [-0.05, 0) is 44.6 Å². The monoisotopic (exact) mass is 421 g/mol. The van der Waals surface area contributed by atoms with Crippen molar-refractivity contribution in [3.8, 4) is 23.2 Å². The molecule has 10 nitrogen and oxygen atoms in total. The number of hydrogen-bond acceptors (Lipinski definition) is 6. The Balaban J connectivity index is 1.48. The fourth-order valence-electron chi connectivity index (χ4n) is 4.76. The Morgan fingerprint density at radius 1 is 1.32 bits per heavy atom. The maximum atomic E-state index is 11.6. The minimum absolute atomic E-state index is 0.0501. The van der Waals surface area contributed by atoms with Crippen LogP contribution >= 0.6 is 0 Å². The predicted octanol–water partition coefficient (Wildman–Crippen LogP) is 2.88. The highest BCUT2D eigenvalue weighted by molar-refractivity contribution is 5.68. The van der Waals surface area contributed by atoms with Gasteiger partial charge in [-0.15, -0.1) is 5.10 Å². The highest BCUT2D eigenvalue weighted by atomic mass is 16.5. The number of piperidine rings is 1. The second-order valence-corrected chi connectivity index (χ2v) is 8.26. The fourth-order valence-corrected chi connectivity index (χ4v) is 4.76. The molecule has 2 atom stereocenters. The van der Waals surface area contributed by atoms with Crippen molar-refractivity contribution in [2.24, 2.45) is 5.92 Å². The van der Waals surface area contributed by atoms with Crippen LogP contribution in [-0.4, -0.2) is 60.2 Å². The van der Waals surface area contributed by atoms with Crippen LogP contribution in [0, 0.1) is 24.2 Å². The predicted molar refractivity (Wildman–Crippen MR) is 110 cm³/mol. The number of hydrogen-bond donors (Lipinski definition) is 1. The number of nitrogens with zero attached hydrogens (tertiary/aromatic N) is 7. The third kappa shape index (κ3) is 3.17. The number of imidazole rings is 1. The molecular weight excluding hydrogens is 398 g/mol. The molecule has 2 aliphatic rings. The molecule has 5 rings (SSSR count). The molecule has 2 fully saturated rings. The van der Waals surface area contributed by atoms with Gasteiger partial charge in [0, 0.05) is 24.2 Å². The maximum Gasteiger partial charge on any atom is 0.407 e. The van der Waals surface area contributed by atoms with E-state index in [0.717, 1.165) is 36.2 Å². The standard InChI is InChI=1S/C21H23N7O3/c1-12-20(14-7-18-23-11-16(10-22)27(18)19(8-14)31-2)24-25-28(12)15-5-6-26(21(29)30)17(9-15)13-3-4-13/h7-8,11,13,15,17H,3-6,9H2,1-2H3,(H,29,30)/t15?,17-/m0/s1. The van der Waals surface area contributed by atoms with Crippen LogP contribution < -0.4 is 4.74 Å². The quantitative estimate of drug-likeness (QED) is 0.687. The zero-order valence-corrected chi connectivity index (χ0v) is 17.4. The van der Waals surface area contributed by atoms with Crippen LogP contribution in [0.1, 0.15) is 43.1 Å². The summed E-state index contributed by atoms with van der Waals surface area (Å²) in [6.07, 6.45) is 4.35. The van der Waals surface area contributed by atoms with Gasteiger partial charge in [-0.2, -0.15) is 5.26 Å². The minimum Gasteiger partial charge on any atom is -0.482 e. The van der Waals surface area contributed by atoms with Gasteiger partial charge in [0.25, 0.3) is 0 Å². The molecule has 0 spiro atoms. The minimum atomic E-state index is -0.830. The molecule has 3 aromatic heterocycles. The SMILES string of the molecule is COc1cc(-c2nnn(C3CCN(C(=O)O)[C@H](C4CC4)C3)c2C)cc2ncc(C#N)n12. The van der Waals surface area contributed by atoms with Crippen molar-refractivity contribution < 1.29 is 14.6 Å². The lowest BCUT2D eigenvalue weighted by Gasteiger charge is -2.38. The van der Waals surface area contributed by atoms with Gasteiger partial charge in [-0.1, -0.05) is 5.21 Å². The highest BCUT2D eigenvalue weighted by Gasteiger charge is 2.42. The number of ether oxygens (including phenoxy) is 1. The van der Waals surface area contributed by atoms with E-state index in [0.29, 0.717) is 36.1 Å². The molecule has 1 aliphatic heterocycles. The normalized spacial score (nSPS) is 21.3. The third-order valence-electron chi connectivity index (χ3n) is 6.47. The van der Waals surface area contributed by atoms with Gasteiger partial charge in [0.15, 0.2) is 0 Å². The zero-order chi connectivity index (χ0) is 21.7. The fraction of sp³-hybridized carbons (Fsp3) is 0.476. The van der Waals surface area contributed by atoms with Gasteiger partial charge in [-0.25, -0.2) is 14.5 Å². The first-order valence-electron chi connectivity index (χ1n) is 10.4. The van der Waals surface area contributed by atoms with E-state index in [4.69, 9.17) is 4.74 Å². The molecule has 1 saturated carbocycles. The van der Waals surface area contributed by atoms with Crippen molar-refractivity contribution in [3.05, 3.63) is 29.7 Å². The van der Waals surface area contributed by atoms with Crippen molar-refractivity contribution >= 4 is 11.7 Å². The average molecular weight is 421 g/mol. The summed E-state index contributed by atoms with van der Waals surface area (Å²) in [5, 5.41) is 27.7. The van der Waals surface area contributed by atoms with Crippen LogP contribution in [0.25, 0.3) is 16.9 Å². The van der Waals surface area contributed by atoms with E-state index < -0.39 is 6.09 Å². The van der Waals surface area contributed by atoms with E-state index in [9.17, 15) is 15.2 Å². The summed E-state index contributed by atoms with van der Waals surface area (Å²) in [4.78, 5) is 17.6. The smallest absolute Gasteiger partial charge is 0.407 e. The topological polar surface area (TPSA) is 122 Å². The van der Waals surface area contributed by atoms with Crippen LogP contribution in [0.5, 0.6) is 5.88 Å². The Bertz CT molecular complexity index is 1200. The number of nitriles is 1. The highest BCUT2D eigenvalue weighted by Crippen LogP contribution is 2.42. The Morgan fingerprint density at radius 3 is 2.81 bits per heavy atom. The van der Waals surface area contributed by atoms with Crippen LogP contribution in [0.3, 0.4) is 0 Å². The van der Waals surface area contributed by atoms with Gasteiger partial charge in [0.2, 0.25) is 5.88 Å². The summed E-state index contributed by atoms with van der Waals surface area (Å²) in [6, 6.07) is 5.98. The molecule has 0 aromatic carbocycles. The van der Waals surface area contributed by atoms with Gasteiger partial charge < -0.3 is 14.7 Å². The Kier molecular flexibility index (Phi) is 4.54. The number of likely N-dealkylation sites (tertiary alicyclic amines) is 1. The van der Waals surface area contributed by atoms with Crippen LogP contribution in [0.2, 0.25) is 0 Å². The van der Waals surface area contributed by atoms with Crippen LogP contribution in [0.4, 0.5) is 4.79 Å². The average Bonchev–Trinajstić information content (AvgIpc) is 3.43. The lowest BCUT2D eigenvalue weighted by molar-refractivity contribution is 0.0798. The number of fused-ring (bicyclic) bond motifs is 1. The van der Waals surface area contributed by atoms with Crippen LogP contribution in [-0.2, 0) is 0 Å². The molecule has 3 aromatic rings. The van der Waals surface area contributed by atoms with Crippen molar-refractivity contribution in [1.82, 2.24) is 29.3 Å². The van der Waals surface area contributed by atoms with Crippen molar-refractivity contribution in [2.75, 3.05) is 13.7 Å². The van der Waals surface area contributed by atoms with E-state index >= 15 is 0 Å². The number of carboxylic acid groups (broad SMARTS) is 1. The Labute approximate surface area is 178 Å². The lowest BCUT2D eigenvalue weighted by Crippen LogP contribution is -2.47. The number of rotatable bonds is 4. The van der Waals surface area contributed by atoms with E-state index in [1.165, 1.54) is 6.20 Å². The molecule has 1 aliphatic carbocycles. The van der Waals surface area contributed by atoms with E-state index in [2.05, 4.69) is 21.4 Å². The van der Waals surface area contributed by atoms with Crippen molar-refractivity contribution in [3.63, 3.8) is 0 Å². The van der Waals surface area contributed by atoms with Gasteiger partial charge in [0.05, 0.1) is 25.0 Å². The van der Waals surface area contributed by atoms with Gasteiger partial charge >= 0.3 is 6.09 Å². The first-order valence-corrected chi connectivity index (χ1v) is 10.4. The molecule has 31 heavy (non-hydrogen) atoms. The van der Waals surface area contributed by atoms with Crippen molar-refractivity contribution in [1.29, 1.82) is 5.26 Å². The number of methoxy groups -OCH3 is 1. The van der Waals surface area contributed by atoms with Gasteiger partial charge in [-0.3, -0.25) is 4.40 Å². The molecule has 1 amide bonds. The zero-order valence-electron chi connectivity index (χ0n) is 17.4. The molecule has 160 valence electrons. The summed E-state index contributed by atoms with van der Waals surface area (Å²) in [5.74, 6) is 0.961. The number of pyridine rings is 1. The lowest BCUT2D eigenvalue weighted by atomic mass is 9.94. The van der Waals surface area contributed by atoms with E-state index in [1.807, 2.05) is 23.7 Å². The molecule has 4 heterocycles. The summed E-state index contributed by atoms with van der Waals surface area (Å²) in [7, 11) is 1.55. The summed E-state index contributed by atoms with van der Waals surface area (Å²) in [6.45, 7) is 2.49. The third-order valence-corrected chi connectivity index (χ3v) is 6.47. The molecular formula is C21H23N7O3.